The van der Waals surface area contributed by atoms with Crippen LogP contribution < -0.4 is 3.86 Å². The average Bonchev–Trinajstić information content (AvgIpc) is 2.92. The standard InChI is InChI=1S/C36H47ClGeN2/c1-23(2)30-18-14-19-31(24(3)4)35(30)39-27(9)34(22-29-16-12-11-13-17-29)28(10)40(38-37)36-32(25(5)6)20-15-21-33(36)26(7)8/h11-21,23-26H,22H2,1-10H3/b34-28-,39-27?. The summed E-state index contributed by atoms with van der Waals surface area (Å²) in [5.41, 5.74) is 12.5. The second-order valence-electron chi connectivity index (χ2n) is 12.0. The van der Waals surface area contributed by atoms with Crippen LogP contribution in [0, 0.1) is 0 Å². The van der Waals surface area contributed by atoms with Gasteiger partial charge in [0.05, 0.1) is 0 Å². The number of aliphatic imine (C=N–C) groups is 1. The fraction of sp³-hybridized carbons (Fsp3) is 0.417. The Hall–Kier alpha value is -2.30. The average molecular weight is 616 g/mol. The van der Waals surface area contributed by atoms with Crippen LogP contribution in [0.5, 0.6) is 0 Å². The molecule has 3 aromatic carbocycles. The zero-order chi connectivity index (χ0) is 29.6. The first-order chi connectivity index (χ1) is 19.0. The molecule has 0 aliphatic heterocycles. The fourth-order valence-electron chi connectivity index (χ4n) is 5.37. The van der Waals surface area contributed by atoms with Crippen LogP contribution in [0.25, 0.3) is 0 Å². The second-order valence-corrected chi connectivity index (χ2v) is 14.2. The topological polar surface area (TPSA) is 15.6 Å². The number of allylic oxidation sites excluding steroid dienone is 2. The van der Waals surface area contributed by atoms with Crippen LogP contribution in [0.1, 0.15) is 121 Å². The summed E-state index contributed by atoms with van der Waals surface area (Å²) in [4.78, 5) is 5.45. The maximum atomic E-state index is 6.97. The van der Waals surface area contributed by atoms with Gasteiger partial charge >= 0.3 is 256 Å². The van der Waals surface area contributed by atoms with Crippen LogP contribution in [-0.4, -0.2) is 20.4 Å². The van der Waals surface area contributed by atoms with Crippen molar-refractivity contribution >= 4 is 41.8 Å². The molecule has 0 amide bonds. The molecule has 0 heterocycles. The van der Waals surface area contributed by atoms with E-state index >= 15 is 0 Å². The van der Waals surface area contributed by atoms with E-state index in [1.807, 2.05) is 0 Å². The molecule has 0 aromatic heterocycles. The molecule has 0 bridgehead atoms. The maximum absolute atomic E-state index is 6.97. The molecule has 0 fully saturated rings. The van der Waals surface area contributed by atoms with E-state index in [1.165, 1.54) is 44.8 Å². The second kappa shape index (κ2) is 14.6. The Morgan fingerprint density at radius 2 is 1.12 bits per heavy atom. The molecule has 0 spiro atoms. The van der Waals surface area contributed by atoms with E-state index in [2.05, 4.69) is 140 Å². The van der Waals surface area contributed by atoms with Crippen LogP contribution in [0.4, 0.5) is 11.4 Å². The molecule has 0 aliphatic carbocycles. The van der Waals surface area contributed by atoms with Gasteiger partial charge in [-0.25, -0.2) is 0 Å². The normalized spacial score (nSPS) is 13.0. The van der Waals surface area contributed by atoms with Crippen molar-refractivity contribution in [3.05, 3.63) is 106 Å². The van der Waals surface area contributed by atoms with Gasteiger partial charge in [0.1, 0.15) is 0 Å². The summed E-state index contributed by atoms with van der Waals surface area (Å²) >= 11 is -0.959. The van der Waals surface area contributed by atoms with Crippen molar-refractivity contribution in [3.8, 4) is 0 Å². The monoisotopic (exact) mass is 616 g/mol. The Labute approximate surface area is 254 Å². The van der Waals surface area contributed by atoms with E-state index < -0.39 is 14.7 Å². The molecule has 0 atom stereocenters. The van der Waals surface area contributed by atoms with Gasteiger partial charge in [-0.2, -0.15) is 0 Å². The van der Waals surface area contributed by atoms with Crippen LogP contribution in [-0.2, 0) is 6.42 Å². The third-order valence-electron chi connectivity index (χ3n) is 7.71. The van der Waals surface area contributed by atoms with Gasteiger partial charge in [0, 0.05) is 0 Å². The number of nitrogens with zero attached hydrogens (tertiary/aromatic N) is 2. The number of para-hydroxylation sites is 2. The molecular formula is C36H47ClGeN2. The van der Waals surface area contributed by atoms with Crippen molar-refractivity contribution < 1.29 is 0 Å². The van der Waals surface area contributed by atoms with Crippen molar-refractivity contribution in [1.82, 2.24) is 0 Å². The van der Waals surface area contributed by atoms with E-state index in [-0.39, 0.29) is 0 Å². The van der Waals surface area contributed by atoms with Gasteiger partial charge in [-0.05, 0) is 0 Å². The number of hydrogen-bond acceptors (Lipinski definition) is 2. The molecule has 4 heteroatoms. The summed E-state index contributed by atoms with van der Waals surface area (Å²) in [6, 6.07) is 24.2. The molecule has 40 heavy (non-hydrogen) atoms. The molecule has 212 valence electrons. The van der Waals surface area contributed by atoms with Gasteiger partial charge in [-0.1, -0.05) is 0 Å². The summed E-state index contributed by atoms with van der Waals surface area (Å²) in [7, 11) is 6.97. The first kappa shape index (κ1) is 32.2. The Morgan fingerprint density at radius 3 is 1.55 bits per heavy atom. The Morgan fingerprint density at radius 1 is 0.675 bits per heavy atom. The van der Waals surface area contributed by atoms with E-state index in [0.717, 1.165) is 17.8 Å². The SMILES string of the molecule is CC(=Nc1c(C(C)C)cccc1C(C)C)/C(Cc1ccccc1)=C(/C)[N]([Ge][Cl])c1c(C(C)C)cccc1C(C)C. The third-order valence-corrected chi connectivity index (χ3v) is 10.1. The zero-order valence-electron chi connectivity index (χ0n) is 26.1. The number of hydrogen-bond donors (Lipinski definition) is 0. The number of anilines is 1. The van der Waals surface area contributed by atoms with E-state index in [9.17, 15) is 0 Å². The first-order valence-corrected chi connectivity index (χ1v) is 18.4. The predicted molar refractivity (Wildman–Crippen MR) is 179 cm³/mol. The molecule has 2 radical (unpaired) electrons. The van der Waals surface area contributed by atoms with Gasteiger partial charge in [0.2, 0.25) is 0 Å². The molecule has 3 rings (SSSR count). The predicted octanol–water partition coefficient (Wildman–Crippen LogP) is 11.1. The summed E-state index contributed by atoms with van der Waals surface area (Å²) in [5, 5.41) is 0. The minimum absolute atomic E-state index is 0.394. The molecule has 0 N–H and O–H groups in total. The number of rotatable bonds is 11. The summed E-state index contributed by atoms with van der Waals surface area (Å²) in [5.74, 6) is 1.59. The fourth-order valence-corrected chi connectivity index (χ4v) is 7.74. The van der Waals surface area contributed by atoms with Crippen LogP contribution in [0.15, 0.2) is 83.0 Å². The molecule has 0 saturated carbocycles. The molecular weight excluding hydrogens is 568 g/mol. The van der Waals surface area contributed by atoms with E-state index in [4.69, 9.17) is 15.0 Å². The first-order valence-electron chi connectivity index (χ1n) is 14.7. The molecule has 0 saturated heterocycles. The summed E-state index contributed by atoms with van der Waals surface area (Å²) < 4.78 is 2.45. The van der Waals surface area contributed by atoms with Gasteiger partial charge in [0.25, 0.3) is 0 Å². The van der Waals surface area contributed by atoms with Crippen LogP contribution in [0.3, 0.4) is 0 Å². The minimum atomic E-state index is -0.959. The summed E-state index contributed by atoms with van der Waals surface area (Å²) in [6.45, 7) is 22.6. The van der Waals surface area contributed by atoms with Gasteiger partial charge in [0.15, 0.2) is 0 Å². The molecule has 0 unspecified atom stereocenters. The molecule has 3 aromatic rings. The Bertz CT molecular complexity index is 1280. The van der Waals surface area contributed by atoms with Crippen LogP contribution >= 0.6 is 10.0 Å². The Kier molecular flexibility index (Phi) is 11.7. The van der Waals surface area contributed by atoms with Crippen molar-refractivity contribution in [1.29, 1.82) is 0 Å². The summed E-state index contributed by atoms with van der Waals surface area (Å²) in [6.07, 6.45) is 0.809. The van der Waals surface area contributed by atoms with Gasteiger partial charge < -0.3 is 0 Å². The number of benzene rings is 3. The number of halogens is 1. The molecule has 2 nitrogen and oxygen atoms in total. The van der Waals surface area contributed by atoms with Crippen molar-refractivity contribution in [2.45, 2.75) is 99.3 Å². The Balaban J connectivity index is 2.33. The third kappa shape index (κ3) is 7.50. The van der Waals surface area contributed by atoms with E-state index in [1.54, 1.807) is 0 Å². The van der Waals surface area contributed by atoms with Gasteiger partial charge in [-0.15, -0.1) is 0 Å². The van der Waals surface area contributed by atoms with Gasteiger partial charge in [-0.3, -0.25) is 0 Å². The molecule has 0 aliphatic rings. The van der Waals surface area contributed by atoms with Crippen molar-refractivity contribution in [2.75, 3.05) is 3.86 Å². The van der Waals surface area contributed by atoms with E-state index in [0.29, 0.717) is 23.7 Å². The van der Waals surface area contributed by atoms with Crippen LogP contribution in [0.2, 0.25) is 0 Å². The van der Waals surface area contributed by atoms with Crippen molar-refractivity contribution in [2.24, 2.45) is 4.99 Å². The zero-order valence-corrected chi connectivity index (χ0v) is 29.0. The van der Waals surface area contributed by atoms with Crippen molar-refractivity contribution in [3.63, 3.8) is 0 Å². The quantitative estimate of drug-likeness (QED) is 0.155.